The molecule has 0 unspecified atom stereocenters. The van der Waals surface area contributed by atoms with Gasteiger partial charge in [-0.05, 0) is 36.4 Å². The monoisotopic (exact) mass is 364 g/mol. The second kappa shape index (κ2) is 6.49. The number of aromatic nitrogens is 3. The van der Waals surface area contributed by atoms with Gasteiger partial charge in [0.1, 0.15) is 34.6 Å². The Hall–Kier alpha value is -3.81. The molecule has 0 aliphatic heterocycles. The van der Waals surface area contributed by atoms with Gasteiger partial charge in [-0.1, -0.05) is 0 Å². The lowest BCUT2D eigenvalue weighted by atomic mass is 10.2. The van der Waals surface area contributed by atoms with Crippen molar-refractivity contribution in [3.63, 3.8) is 0 Å². The standard InChI is InChI=1S/C19H16N4O4/c1-26-12-4-6-16(24)11(7-12)9-21-23-10-20-17-14-8-13(27-2)3-5-15(14)22-18(17)19(23)25/h3-10,22,24H,1-2H3/b21-9-. The summed E-state index contributed by atoms with van der Waals surface area (Å²) in [6.07, 6.45) is 2.71. The minimum atomic E-state index is -0.353. The third-order valence-corrected chi connectivity index (χ3v) is 4.25. The van der Waals surface area contributed by atoms with Crippen molar-refractivity contribution in [1.29, 1.82) is 0 Å². The first-order valence-corrected chi connectivity index (χ1v) is 8.09. The summed E-state index contributed by atoms with van der Waals surface area (Å²) in [4.78, 5) is 20.2. The number of phenolic OH excluding ortho intramolecular Hbond substituents is 1. The summed E-state index contributed by atoms with van der Waals surface area (Å²) in [6, 6.07) is 10.2. The van der Waals surface area contributed by atoms with E-state index in [4.69, 9.17) is 9.47 Å². The summed E-state index contributed by atoms with van der Waals surface area (Å²) in [5.41, 5.74) is 1.73. The normalized spacial score (nSPS) is 11.5. The molecule has 0 bridgehead atoms. The molecule has 2 N–H and O–H groups in total. The van der Waals surface area contributed by atoms with E-state index in [0.717, 1.165) is 15.6 Å². The van der Waals surface area contributed by atoms with Gasteiger partial charge < -0.3 is 19.6 Å². The van der Waals surface area contributed by atoms with E-state index >= 15 is 0 Å². The van der Waals surface area contributed by atoms with Crippen LogP contribution in [-0.2, 0) is 0 Å². The fourth-order valence-electron chi connectivity index (χ4n) is 2.82. The zero-order valence-corrected chi connectivity index (χ0v) is 14.6. The molecule has 2 aromatic heterocycles. The number of ether oxygens (including phenoxy) is 2. The molecule has 0 atom stereocenters. The van der Waals surface area contributed by atoms with Crippen LogP contribution in [0.3, 0.4) is 0 Å². The summed E-state index contributed by atoms with van der Waals surface area (Å²) in [5.74, 6) is 1.28. The van der Waals surface area contributed by atoms with Gasteiger partial charge in [0.05, 0.1) is 20.4 Å². The summed E-state index contributed by atoms with van der Waals surface area (Å²) in [6.45, 7) is 0. The Morgan fingerprint density at radius 3 is 2.67 bits per heavy atom. The quantitative estimate of drug-likeness (QED) is 0.542. The number of aromatic hydroxyl groups is 1. The van der Waals surface area contributed by atoms with E-state index in [1.165, 1.54) is 25.7 Å². The average Bonchev–Trinajstić information content (AvgIpc) is 3.07. The first kappa shape index (κ1) is 16.6. The molecular weight excluding hydrogens is 348 g/mol. The van der Waals surface area contributed by atoms with Crippen molar-refractivity contribution < 1.29 is 14.6 Å². The lowest BCUT2D eigenvalue weighted by Crippen LogP contribution is -2.17. The Labute approximate surface area is 153 Å². The van der Waals surface area contributed by atoms with Gasteiger partial charge in [-0.25, -0.2) is 4.98 Å². The van der Waals surface area contributed by atoms with Gasteiger partial charge in [0.25, 0.3) is 5.56 Å². The fourth-order valence-corrected chi connectivity index (χ4v) is 2.82. The van der Waals surface area contributed by atoms with Crippen LogP contribution >= 0.6 is 0 Å². The zero-order valence-electron chi connectivity index (χ0n) is 14.6. The van der Waals surface area contributed by atoms with E-state index in [0.29, 0.717) is 28.1 Å². The van der Waals surface area contributed by atoms with Crippen molar-refractivity contribution in [3.8, 4) is 17.2 Å². The SMILES string of the molecule is COc1ccc(O)c(/C=N\n2cnc3c([nH]c4ccc(OC)cc43)c2=O)c1. The van der Waals surface area contributed by atoms with E-state index < -0.39 is 0 Å². The highest BCUT2D eigenvalue weighted by Gasteiger charge is 2.11. The molecule has 2 aromatic carbocycles. The van der Waals surface area contributed by atoms with Gasteiger partial charge in [0.15, 0.2) is 0 Å². The maximum atomic E-state index is 12.7. The highest BCUT2D eigenvalue weighted by Crippen LogP contribution is 2.25. The second-order valence-electron chi connectivity index (χ2n) is 5.82. The van der Waals surface area contributed by atoms with Gasteiger partial charge in [-0.15, -0.1) is 0 Å². The van der Waals surface area contributed by atoms with Crippen LogP contribution in [-0.4, -0.2) is 40.2 Å². The Balaban J connectivity index is 1.80. The lowest BCUT2D eigenvalue weighted by molar-refractivity contribution is 0.412. The van der Waals surface area contributed by atoms with Crippen LogP contribution in [0.15, 0.2) is 52.6 Å². The number of methoxy groups -OCH3 is 2. The number of hydrogen-bond acceptors (Lipinski definition) is 6. The van der Waals surface area contributed by atoms with E-state index in [1.54, 1.807) is 25.3 Å². The number of H-pyrrole nitrogens is 1. The minimum absolute atomic E-state index is 0.0272. The summed E-state index contributed by atoms with van der Waals surface area (Å²) in [7, 11) is 3.11. The Kier molecular flexibility index (Phi) is 4.00. The molecule has 0 radical (unpaired) electrons. The lowest BCUT2D eigenvalue weighted by Gasteiger charge is -2.03. The molecule has 8 nitrogen and oxygen atoms in total. The topological polar surface area (TPSA) is 102 Å². The maximum Gasteiger partial charge on any atom is 0.298 e. The molecule has 0 amide bonds. The highest BCUT2D eigenvalue weighted by atomic mass is 16.5. The predicted molar refractivity (Wildman–Crippen MR) is 102 cm³/mol. The van der Waals surface area contributed by atoms with Crippen molar-refractivity contribution in [1.82, 2.24) is 14.6 Å². The van der Waals surface area contributed by atoms with Crippen LogP contribution in [0.25, 0.3) is 21.9 Å². The number of phenols is 1. The molecule has 0 aliphatic rings. The summed E-state index contributed by atoms with van der Waals surface area (Å²) in [5, 5.41) is 14.8. The van der Waals surface area contributed by atoms with Gasteiger partial charge in [-0.2, -0.15) is 9.78 Å². The third kappa shape index (κ3) is 2.86. The van der Waals surface area contributed by atoms with Crippen LogP contribution < -0.4 is 15.0 Å². The van der Waals surface area contributed by atoms with Crippen molar-refractivity contribution >= 4 is 28.2 Å². The molecular formula is C19H16N4O4. The smallest absolute Gasteiger partial charge is 0.298 e. The number of nitrogens with zero attached hydrogens (tertiary/aromatic N) is 3. The van der Waals surface area contributed by atoms with Crippen molar-refractivity contribution in [3.05, 3.63) is 58.6 Å². The van der Waals surface area contributed by atoms with Gasteiger partial charge in [-0.3, -0.25) is 4.79 Å². The first-order chi connectivity index (χ1) is 13.1. The fraction of sp³-hybridized carbons (Fsp3) is 0.105. The number of fused-ring (bicyclic) bond motifs is 3. The molecule has 0 saturated carbocycles. The van der Waals surface area contributed by atoms with Gasteiger partial charge in [0, 0.05) is 16.5 Å². The van der Waals surface area contributed by atoms with Crippen LogP contribution in [0.5, 0.6) is 17.2 Å². The Morgan fingerprint density at radius 1 is 1.15 bits per heavy atom. The molecule has 136 valence electrons. The minimum Gasteiger partial charge on any atom is -0.507 e. The molecule has 4 rings (SSSR count). The molecule has 0 aliphatic carbocycles. The van der Waals surface area contributed by atoms with Crippen LogP contribution in [0.4, 0.5) is 0 Å². The number of hydrogen-bond donors (Lipinski definition) is 2. The molecule has 0 saturated heterocycles. The third-order valence-electron chi connectivity index (χ3n) is 4.25. The van der Waals surface area contributed by atoms with Crippen LogP contribution in [0.1, 0.15) is 5.56 Å². The van der Waals surface area contributed by atoms with Crippen molar-refractivity contribution in [2.24, 2.45) is 5.10 Å². The molecule has 8 heteroatoms. The summed E-state index contributed by atoms with van der Waals surface area (Å²) < 4.78 is 11.5. The second-order valence-corrected chi connectivity index (χ2v) is 5.82. The van der Waals surface area contributed by atoms with Crippen LogP contribution in [0.2, 0.25) is 0 Å². The van der Waals surface area contributed by atoms with Crippen molar-refractivity contribution in [2.75, 3.05) is 14.2 Å². The molecule has 2 heterocycles. The number of nitrogens with one attached hydrogen (secondary N) is 1. The Bertz CT molecular complexity index is 1240. The zero-order chi connectivity index (χ0) is 19.0. The number of rotatable bonds is 4. The van der Waals surface area contributed by atoms with E-state index in [-0.39, 0.29) is 11.3 Å². The van der Waals surface area contributed by atoms with Gasteiger partial charge in [0.2, 0.25) is 0 Å². The largest absolute Gasteiger partial charge is 0.507 e. The molecule has 0 spiro atoms. The average molecular weight is 364 g/mol. The predicted octanol–water partition coefficient (Wildman–Crippen LogP) is 2.48. The number of benzene rings is 2. The van der Waals surface area contributed by atoms with Gasteiger partial charge >= 0.3 is 0 Å². The van der Waals surface area contributed by atoms with E-state index in [2.05, 4.69) is 15.1 Å². The molecule has 0 fully saturated rings. The van der Waals surface area contributed by atoms with E-state index in [1.807, 2.05) is 12.1 Å². The van der Waals surface area contributed by atoms with Crippen LogP contribution in [0, 0.1) is 0 Å². The Morgan fingerprint density at radius 2 is 1.89 bits per heavy atom. The van der Waals surface area contributed by atoms with E-state index in [9.17, 15) is 9.90 Å². The molecule has 27 heavy (non-hydrogen) atoms. The van der Waals surface area contributed by atoms with Crippen molar-refractivity contribution in [2.45, 2.75) is 0 Å². The molecule has 4 aromatic rings. The highest BCUT2D eigenvalue weighted by molar-refractivity contribution is 6.04. The first-order valence-electron chi connectivity index (χ1n) is 8.09. The maximum absolute atomic E-state index is 12.7. The number of aromatic amines is 1. The summed E-state index contributed by atoms with van der Waals surface area (Å²) >= 11 is 0.